The van der Waals surface area contributed by atoms with Crippen molar-refractivity contribution in [2.75, 3.05) is 11.5 Å². The second kappa shape index (κ2) is 7.49. The van der Waals surface area contributed by atoms with Crippen LogP contribution in [0.25, 0.3) is 0 Å². The summed E-state index contributed by atoms with van der Waals surface area (Å²) in [6, 6.07) is 0. The first kappa shape index (κ1) is 13.3. The largest absolute Gasteiger partial charge is 0.481 e. The molecule has 3 nitrogen and oxygen atoms in total. The van der Waals surface area contributed by atoms with Crippen molar-refractivity contribution in [3.63, 3.8) is 0 Å². The van der Waals surface area contributed by atoms with E-state index in [0.29, 0.717) is 12.3 Å². The number of carbonyl (C=O) groups excluding carboxylic acids is 1. The third-order valence-corrected chi connectivity index (χ3v) is 4.07. The Kier molecular flexibility index (Phi) is 6.23. The molecule has 0 aromatic heterocycles. The van der Waals surface area contributed by atoms with E-state index in [2.05, 4.69) is 6.08 Å². The Morgan fingerprint density at radius 1 is 1.38 bits per heavy atom. The van der Waals surface area contributed by atoms with Gasteiger partial charge in [0.1, 0.15) is 6.29 Å². The molecule has 0 spiro atoms. The number of rotatable bonds is 7. The maximum atomic E-state index is 10.7. The highest BCUT2D eigenvalue weighted by Crippen LogP contribution is 2.31. The van der Waals surface area contributed by atoms with E-state index in [9.17, 15) is 9.59 Å². The zero-order valence-electron chi connectivity index (χ0n) is 9.30. The molecule has 1 rings (SSSR count). The fourth-order valence-electron chi connectivity index (χ4n) is 1.77. The average molecular weight is 242 g/mol. The Hall–Kier alpha value is -0.770. The van der Waals surface area contributed by atoms with Crippen LogP contribution in [0.15, 0.2) is 12.2 Å². The standard InChI is InChI=1S/C12H18O3S/c13-7-11-9-16-8-10(11)5-3-1-2-4-6-12(14)15/h1,3,7,10-11H,2,4-6,8-9H2,(H,14,15)/b3-1-/t10-,11+/m0/s1. The number of unbranched alkanes of at least 4 members (excludes halogenated alkanes) is 1. The third-order valence-electron chi connectivity index (χ3n) is 2.79. The SMILES string of the molecule is O=C[C@@H]1CSC[C@@H]1C/C=C\CCCC(=O)O. The van der Waals surface area contributed by atoms with Crippen LogP contribution in [0, 0.1) is 11.8 Å². The minimum atomic E-state index is -0.735. The number of aldehydes is 1. The van der Waals surface area contributed by atoms with Gasteiger partial charge in [0, 0.05) is 18.1 Å². The van der Waals surface area contributed by atoms with Gasteiger partial charge in [0.05, 0.1) is 0 Å². The number of hydrogen-bond donors (Lipinski definition) is 1. The Bertz CT molecular complexity index is 263. The van der Waals surface area contributed by atoms with Gasteiger partial charge in [-0.25, -0.2) is 0 Å². The van der Waals surface area contributed by atoms with Crippen molar-refractivity contribution in [1.29, 1.82) is 0 Å². The lowest BCUT2D eigenvalue weighted by molar-refractivity contribution is -0.137. The number of carboxylic acid groups (broad SMARTS) is 1. The summed E-state index contributed by atoms with van der Waals surface area (Å²) in [6.45, 7) is 0. The Morgan fingerprint density at radius 3 is 2.88 bits per heavy atom. The maximum Gasteiger partial charge on any atom is 0.303 e. The molecule has 1 saturated heterocycles. The maximum absolute atomic E-state index is 10.7. The Balaban J connectivity index is 2.11. The fraction of sp³-hybridized carbons (Fsp3) is 0.667. The summed E-state index contributed by atoms with van der Waals surface area (Å²) in [5.41, 5.74) is 0. The third kappa shape index (κ3) is 4.84. The molecular formula is C12H18O3S. The van der Waals surface area contributed by atoms with Crippen molar-refractivity contribution in [2.24, 2.45) is 11.8 Å². The van der Waals surface area contributed by atoms with E-state index < -0.39 is 5.97 Å². The van der Waals surface area contributed by atoms with Crippen LogP contribution in [-0.2, 0) is 9.59 Å². The van der Waals surface area contributed by atoms with Crippen molar-refractivity contribution in [1.82, 2.24) is 0 Å². The van der Waals surface area contributed by atoms with Gasteiger partial charge in [-0.15, -0.1) is 0 Å². The van der Waals surface area contributed by atoms with Gasteiger partial charge >= 0.3 is 5.97 Å². The topological polar surface area (TPSA) is 54.4 Å². The lowest BCUT2D eigenvalue weighted by atomic mass is 9.94. The molecule has 0 aliphatic carbocycles. The van der Waals surface area contributed by atoms with Gasteiger partial charge < -0.3 is 9.90 Å². The molecular weight excluding hydrogens is 224 g/mol. The number of carbonyl (C=O) groups is 2. The van der Waals surface area contributed by atoms with E-state index in [-0.39, 0.29) is 12.3 Å². The second-order valence-corrected chi connectivity index (χ2v) is 5.17. The number of aliphatic carboxylic acids is 1. The van der Waals surface area contributed by atoms with Crippen LogP contribution in [0.1, 0.15) is 25.7 Å². The highest BCUT2D eigenvalue weighted by atomic mass is 32.2. The van der Waals surface area contributed by atoms with E-state index in [1.807, 2.05) is 17.8 Å². The van der Waals surface area contributed by atoms with Crippen molar-refractivity contribution in [3.05, 3.63) is 12.2 Å². The molecule has 1 aliphatic heterocycles. The smallest absolute Gasteiger partial charge is 0.303 e. The lowest BCUT2D eigenvalue weighted by Crippen LogP contribution is -2.12. The molecule has 16 heavy (non-hydrogen) atoms. The lowest BCUT2D eigenvalue weighted by Gasteiger charge is -2.09. The number of thioether (sulfide) groups is 1. The first-order chi connectivity index (χ1) is 7.74. The summed E-state index contributed by atoms with van der Waals surface area (Å²) in [5.74, 6) is 2.00. The molecule has 4 heteroatoms. The molecule has 0 unspecified atom stereocenters. The molecule has 0 radical (unpaired) electrons. The van der Waals surface area contributed by atoms with Crippen molar-refractivity contribution >= 4 is 24.0 Å². The number of allylic oxidation sites excluding steroid dienone is 2. The van der Waals surface area contributed by atoms with Crippen LogP contribution in [0.4, 0.5) is 0 Å². The predicted molar refractivity (Wildman–Crippen MR) is 65.6 cm³/mol. The first-order valence-electron chi connectivity index (χ1n) is 5.64. The molecule has 0 aromatic rings. The second-order valence-electron chi connectivity index (χ2n) is 4.09. The quantitative estimate of drug-likeness (QED) is 0.423. The minimum absolute atomic E-state index is 0.216. The summed E-state index contributed by atoms with van der Waals surface area (Å²) in [4.78, 5) is 21.0. The van der Waals surface area contributed by atoms with E-state index in [4.69, 9.17) is 5.11 Å². The minimum Gasteiger partial charge on any atom is -0.481 e. The van der Waals surface area contributed by atoms with E-state index in [1.165, 1.54) is 0 Å². The van der Waals surface area contributed by atoms with Gasteiger partial charge in [-0.05, 0) is 30.9 Å². The van der Waals surface area contributed by atoms with Crippen LogP contribution < -0.4 is 0 Å². The van der Waals surface area contributed by atoms with E-state index in [1.54, 1.807) is 0 Å². The predicted octanol–water partition coefficient (Wildman–Crippen LogP) is 2.37. The monoisotopic (exact) mass is 242 g/mol. The summed E-state index contributed by atoms with van der Waals surface area (Å²) in [6.07, 6.45) is 7.90. The number of hydrogen-bond acceptors (Lipinski definition) is 3. The average Bonchev–Trinajstić information content (AvgIpc) is 2.70. The zero-order chi connectivity index (χ0) is 11.8. The van der Waals surface area contributed by atoms with Gasteiger partial charge in [0.2, 0.25) is 0 Å². The Morgan fingerprint density at radius 2 is 2.19 bits per heavy atom. The van der Waals surface area contributed by atoms with Crippen LogP contribution in [0.2, 0.25) is 0 Å². The fourth-order valence-corrected chi connectivity index (χ4v) is 3.21. The summed E-state index contributed by atoms with van der Waals surface area (Å²) >= 11 is 1.84. The normalized spacial score (nSPS) is 25.0. The number of carboxylic acids is 1. The Labute approximate surface area is 100 Å². The molecule has 1 fully saturated rings. The molecule has 0 aromatic carbocycles. The van der Waals surface area contributed by atoms with Crippen molar-refractivity contribution < 1.29 is 14.7 Å². The van der Waals surface area contributed by atoms with E-state index >= 15 is 0 Å². The molecule has 2 atom stereocenters. The highest BCUT2D eigenvalue weighted by Gasteiger charge is 2.25. The molecule has 90 valence electrons. The molecule has 1 heterocycles. The molecule has 1 N–H and O–H groups in total. The molecule has 0 amide bonds. The molecule has 0 bridgehead atoms. The van der Waals surface area contributed by atoms with Crippen molar-refractivity contribution in [3.8, 4) is 0 Å². The summed E-state index contributed by atoms with van der Waals surface area (Å²) < 4.78 is 0. The van der Waals surface area contributed by atoms with E-state index in [0.717, 1.165) is 30.6 Å². The van der Waals surface area contributed by atoms with Crippen LogP contribution in [0.5, 0.6) is 0 Å². The van der Waals surface area contributed by atoms with Gasteiger partial charge in [0.25, 0.3) is 0 Å². The van der Waals surface area contributed by atoms with Gasteiger partial charge in [-0.2, -0.15) is 11.8 Å². The van der Waals surface area contributed by atoms with Crippen LogP contribution in [0.3, 0.4) is 0 Å². The molecule has 1 aliphatic rings. The van der Waals surface area contributed by atoms with Gasteiger partial charge in [-0.1, -0.05) is 12.2 Å². The van der Waals surface area contributed by atoms with Crippen LogP contribution in [-0.4, -0.2) is 28.9 Å². The molecule has 0 saturated carbocycles. The first-order valence-corrected chi connectivity index (χ1v) is 6.79. The van der Waals surface area contributed by atoms with Gasteiger partial charge in [0.15, 0.2) is 0 Å². The summed E-state index contributed by atoms with van der Waals surface area (Å²) in [5, 5.41) is 8.44. The zero-order valence-corrected chi connectivity index (χ0v) is 10.1. The summed E-state index contributed by atoms with van der Waals surface area (Å²) in [7, 11) is 0. The highest BCUT2D eigenvalue weighted by molar-refractivity contribution is 7.99. The van der Waals surface area contributed by atoms with Gasteiger partial charge in [-0.3, -0.25) is 4.79 Å². The van der Waals surface area contributed by atoms with Crippen molar-refractivity contribution in [2.45, 2.75) is 25.7 Å². The van der Waals surface area contributed by atoms with Crippen LogP contribution >= 0.6 is 11.8 Å².